The third-order valence-corrected chi connectivity index (χ3v) is 3.57. The minimum atomic E-state index is -0.435. The fourth-order valence-electron chi connectivity index (χ4n) is 1.10. The van der Waals surface area contributed by atoms with Crippen LogP contribution >= 0.6 is 27.3 Å². The van der Waals surface area contributed by atoms with E-state index in [1.54, 1.807) is 19.9 Å². The highest BCUT2D eigenvalue weighted by Crippen LogP contribution is 2.23. The summed E-state index contributed by atoms with van der Waals surface area (Å²) in [5.41, 5.74) is 0. The summed E-state index contributed by atoms with van der Waals surface area (Å²) < 4.78 is 0.952. The second kappa shape index (κ2) is 5.75. The second-order valence-corrected chi connectivity index (χ2v) is 5.91. The Morgan fingerprint density at radius 1 is 1.60 bits per heavy atom. The molecule has 2 atom stereocenters. The van der Waals surface area contributed by atoms with Crippen LogP contribution in [0.1, 0.15) is 23.5 Å². The Bertz CT molecular complexity index is 338. The van der Waals surface area contributed by atoms with Crippen molar-refractivity contribution in [3.05, 3.63) is 20.8 Å². The number of nitrogens with one attached hydrogen (secondary N) is 1. The third kappa shape index (κ3) is 4.03. The van der Waals surface area contributed by atoms with Crippen molar-refractivity contribution in [2.45, 2.75) is 26.0 Å². The lowest BCUT2D eigenvalue weighted by atomic mass is 10.2. The molecule has 0 fully saturated rings. The van der Waals surface area contributed by atoms with Crippen molar-refractivity contribution in [1.82, 2.24) is 5.32 Å². The van der Waals surface area contributed by atoms with E-state index in [0.717, 1.165) is 8.66 Å². The molecule has 0 saturated carbocycles. The molecule has 0 radical (unpaired) electrons. The summed E-state index contributed by atoms with van der Waals surface area (Å²) in [5, 5.41) is 12.1. The third-order valence-electron chi connectivity index (χ3n) is 1.93. The van der Waals surface area contributed by atoms with Crippen LogP contribution in [0.25, 0.3) is 0 Å². The molecule has 1 heterocycles. The molecule has 0 saturated heterocycles. The summed E-state index contributed by atoms with van der Waals surface area (Å²) in [5.74, 6) is 0.0614. The molecule has 0 aliphatic heterocycles. The molecule has 0 aliphatic carbocycles. The standard InChI is InChI=1S/C10H14BrNO2S/c1-6(13)5-12-7(2)10(14)8-3-4-9(11)15-8/h3-4,6-7,12-13H,5H2,1-2H3. The van der Waals surface area contributed by atoms with Gasteiger partial charge in [-0.25, -0.2) is 0 Å². The van der Waals surface area contributed by atoms with Crippen LogP contribution in [0.2, 0.25) is 0 Å². The number of aliphatic hydroxyl groups is 1. The summed E-state index contributed by atoms with van der Waals surface area (Å²) in [7, 11) is 0. The molecule has 1 aromatic rings. The Kier molecular flexibility index (Phi) is 4.92. The number of halogens is 1. The van der Waals surface area contributed by atoms with Gasteiger partial charge in [-0.2, -0.15) is 0 Å². The number of carbonyl (C=O) groups is 1. The van der Waals surface area contributed by atoms with Crippen molar-refractivity contribution in [3.63, 3.8) is 0 Å². The number of Topliss-reactive ketones (excluding diaryl/α,β-unsaturated/α-hetero) is 1. The second-order valence-electron chi connectivity index (χ2n) is 3.45. The minimum absolute atomic E-state index is 0.0614. The molecule has 2 unspecified atom stereocenters. The first-order chi connectivity index (χ1) is 7.00. The fourth-order valence-corrected chi connectivity index (χ4v) is 2.52. The Morgan fingerprint density at radius 2 is 2.27 bits per heavy atom. The number of carbonyl (C=O) groups excluding carboxylic acids is 1. The van der Waals surface area contributed by atoms with Crippen LogP contribution in [0.4, 0.5) is 0 Å². The van der Waals surface area contributed by atoms with E-state index in [1.807, 2.05) is 6.07 Å². The number of ketones is 1. The van der Waals surface area contributed by atoms with Crippen molar-refractivity contribution in [3.8, 4) is 0 Å². The average molecular weight is 292 g/mol. The number of rotatable bonds is 5. The van der Waals surface area contributed by atoms with E-state index < -0.39 is 6.10 Å². The molecule has 0 spiro atoms. The van der Waals surface area contributed by atoms with Gasteiger partial charge >= 0.3 is 0 Å². The highest BCUT2D eigenvalue weighted by atomic mass is 79.9. The molecule has 15 heavy (non-hydrogen) atoms. The number of hydrogen-bond donors (Lipinski definition) is 2. The molecule has 3 nitrogen and oxygen atoms in total. The predicted octanol–water partition coefficient (Wildman–Crippen LogP) is 2.05. The molecule has 0 aromatic carbocycles. The van der Waals surface area contributed by atoms with E-state index >= 15 is 0 Å². The topological polar surface area (TPSA) is 49.3 Å². The first kappa shape index (κ1) is 12.8. The highest BCUT2D eigenvalue weighted by Gasteiger charge is 2.16. The summed E-state index contributed by atoms with van der Waals surface area (Å²) in [6.07, 6.45) is -0.435. The molecule has 5 heteroatoms. The van der Waals surface area contributed by atoms with Gasteiger partial charge < -0.3 is 10.4 Å². The summed E-state index contributed by atoms with van der Waals surface area (Å²) in [6, 6.07) is 3.40. The first-order valence-electron chi connectivity index (χ1n) is 4.71. The Balaban J connectivity index is 2.53. The maximum absolute atomic E-state index is 11.8. The van der Waals surface area contributed by atoms with Gasteiger partial charge in [0.25, 0.3) is 0 Å². The molecule has 1 rings (SSSR count). The predicted molar refractivity (Wildman–Crippen MR) is 65.5 cm³/mol. The Morgan fingerprint density at radius 3 is 2.73 bits per heavy atom. The number of hydrogen-bond acceptors (Lipinski definition) is 4. The molecule has 84 valence electrons. The van der Waals surface area contributed by atoms with Crippen LogP contribution in [0.15, 0.2) is 15.9 Å². The average Bonchev–Trinajstić information content (AvgIpc) is 2.60. The monoisotopic (exact) mass is 291 g/mol. The normalized spacial score (nSPS) is 14.9. The van der Waals surface area contributed by atoms with Gasteiger partial charge in [0.1, 0.15) is 0 Å². The van der Waals surface area contributed by atoms with E-state index in [2.05, 4.69) is 21.2 Å². The highest BCUT2D eigenvalue weighted by molar-refractivity contribution is 9.11. The van der Waals surface area contributed by atoms with Gasteiger partial charge in [-0.05, 0) is 41.9 Å². The van der Waals surface area contributed by atoms with Crippen molar-refractivity contribution in [1.29, 1.82) is 0 Å². The van der Waals surface area contributed by atoms with Gasteiger partial charge in [0.2, 0.25) is 0 Å². The molecule has 0 aliphatic rings. The van der Waals surface area contributed by atoms with Crippen molar-refractivity contribution in [2.75, 3.05) is 6.54 Å². The molecule has 2 N–H and O–H groups in total. The molecular formula is C10H14BrNO2S. The van der Waals surface area contributed by atoms with Gasteiger partial charge in [-0.3, -0.25) is 4.79 Å². The van der Waals surface area contributed by atoms with Crippen LogP contribution in [0, 0.1) is 0 Å². The zero-order chi connectivity index (χ0) is 11.4. The van der Waals surface area contributed by atoms with E-state index in [-0.39, 0.29) is 11.8 Å². The van der Waals surface area contributed by atoms with Crippen molar-refractivity contribution < 1.29 is 9.90 Å². The van der Waals surface area contributed by atoms with E-state index in [0.29, 0.717) is 6.54 Å². The van der Waals surface area contributed by atoms with E-state index in [9.17, 15) is 4.79 Å². The van der Waals surface area contributed by atoms with Gasteiger partial charge in [0.05, 0.1) is 20.8 Å². The smallest absolute Gasteiger partial charge is 0.189 e. The SMILES string of the molecule is CC(O)CNC(C)C(=O)c1ccc(Br)s1. The van der Waals surface area contributed by atoms with Gasteiger partial charge in [0.15, 0.2) is 5.78 Å². The lowest BCUT2D eigenvalue weighted by Crippen LogP contribution is -2.37. The maximum atomic E-state index is 11.8. The van der Waals surface area contributed by atoms with Gasteiger partial charge in [0, 0.05) is 6.54 Å². The van der Waals surface area contributed by atoms with Crippen LogP contribution in [-0.2, 0) is 0 Å². The zero-order valence-electron chi connectivity index (χ0n) is 8.66. The van der Waals surface area contributed by atoms with Crippen LogP contribution < -0.4 is 5.32 Å². The zero-order valence-corrected chi connectivity index (χ0v) is 11.1. The fraction of sp³-hybridized carbons (Fsp3) is 0.500. The molecular weight excluding hydrogens is 278 g/mol. The Hall–Kier alpha value is -0.230. The molecule has 1 aromatic heterocycles. The van der Waals surface area contributed by atoms with Crippen LogP contribution in [-0.4, -0.2) is 29.6 Å². The summed E-state index contributed by atoms with van der Waals surface area (Å²) >= 11 is 4.74. The first-order valence-corrected chi connectivity index (χ1v) is 6.32. The number of thiophene rings is 1. The number of aliphatic hydroxyl groups excluding tert-OH is 1. The lowest BCUT2D eigenvalue weighted by Gasteiger charge is -2.12. The lowest BCUT2D eigenvalue weighted by molar-refractivity contribution is 0.0945. The minimum Gasteiger partial charge on any atom is -0.392 e. The van der Waals surface area contributed by atoms with E-state index in [1.165, 1.54) is 11.3 Å². The molecule has 0 bridgehead atoms. The largest absolute Gasteiger partial charge is 0.392 e. The Labute approximate surface area is 102 Å². The summed E-state index contributed by atoms with van der Waals surface area (Å²) in [6.45, 7) is 3.92. The summed E-state index contributed by atoms with van der Waals surface area (Å²) in [4.78, 5) is 12.5. The molecule has 0 amide bonds. The van der Waals surface area contributed by atoms with E-state index in [4.69, 9.17) is 5.11 Å². The van der Waals surface area contributed by atoms with Gasteiger partial charge in [-0.1, -0.05) is 0 Å². The quantitative estimate of drug-likeness (QED) is 0.817. The van der Waals surface area contributed by atoms with Crippen molar-refractivity contribution >= 4 is 33.0 Å². The van der Waals surface area contributed by atoms with Crippen LogP contribution in [0.5, 0.6) is 0 Å². The van der Waals surface area contributed by atoms with Crippen LogP contribution in [0.3, 0.4) is 0 Å². The van der Waals surface area contributed by atoms with Gasteiger partial charge in [-0.15, -0.1) is 11.3 Å². The maximum Gasteiger partial charge on any atom is 0.189 e. The van der Waals surface area contributed by atoms with Crippen molar-refractivity contribution in [2.24, 2.45) is 0 Å².